The average molecular weight is 457 g/mol. The molecule has 0 bridgehead atoms. The van der Waals surface area contributed by atoms with Gasteiger partial charge in [-0.2, -0.15) is 13.2 Å². The van der Waals surface area contributed by atoms with Crippen LogP contribution in [0, 0.1) is 0 Å². The molecular weight excluding hydrogens is 435 g/mol. The van der Waals surface area contributed by atoms with E-state index in [1.807, 2.05) is 24.3 Å². The Balaban J connectivity index is 1.71. The molecule has 2 aromatic heterocycles. The summed E-state index contributed by atoms with van der Waals surface area (Å²) in [5, 5.41) is 13.2. The second-order valence-electron chi connectivity index (χ2n) is 7.83. The number of hydrogen-bond donors (Lipinski definition) is 2. The Morgan fingerprint density at radius 3 is 2.36 bits per heavy atom. The van der Waals surface area contributed by atoms with Crippen molar-refractivity contribution in [2.45, 2.75) is 24.2 Å². The third-order valence-electron chi connectivity index (χ3n) is 5.59. The monoisotopic (exact) mass is 457 g/mol. The summed E-state index contributed by atoms with van der Waals surface area (Å²) >= 11 is 0. The molecule has 0 spiro atoms. The highest BCUT2D eigenvalue weighted by molar-refractivity contribution is 5.79. The van der Waals surface area contributed by atoms with Crippen LogP contribution in [-0.4, -0.2) is 36.3 Å². The Morgan fingerprint density at radius 2 is 1.76 bits per heavy atom. The van der Waals surface area contributed by atoms with Crippen molar-refractivity contribution in [1.29, 1.82) is 0 Å². The van der Waals surface area contributed by atoms with E-state index in [9.17, 15) is 23.1 Å². The minimum atomic E-state index is -5.12. The predicted octanol–water partition coefficient (Wildman–Crippen LogP) is 3.35. The summed E-state index contributed by atoms with van der Waals surface area (Å²) in [5.74, 6) is -1.22. The lowest BCUT2D eigenvalue weighted by atomic mass is 9.96. The van der Waals surface area contributed by atoms with E-state index in [4.69, 9.17) is 0 Å². The van der Waals surface area contributed by atoms with Crippen LogP contribution in [0.1, 0.15) is 29.7 Å². The van der Waals surface area contributed by atoms with E-state index in [1.54, 1.807) is 41.9 Å². The number of rotatable bonds is 6. The van der Waals surface area contributed by atoms with Gasteiger partial charge >= 0.3 is 6.18 Å². The molecule has 0 fully saturated rings. The standard InChI is InChI=1S/C23H22F3N5O2/c1-30-13-12-27-21(30)22(33,23(24,25)26)14-18(32)29-19(15-8-4-3-5-9-15)20-28-16-10-6-7-11-17(16)31(20)2/h3-13,19,33H,14H2,1-2H3,(H,29,32). The normalized spacial score (nSPS) is 14.7. The first kappa shape index (κ1) is 22.5. The number of aromatic nitrogens is 4. The number of alkyl halides is 3. The van der Waals surface area contributed by atoms with Crippen LogP contribution in [0.2, 0.25) is 0 Å². The van der Waals surface area contributed by atoms with E-state index < -0.39 is 36.0 Å². The predicted molar refractivity (Wildman–Crippen MR) is 115 cm³/mol. The molecule has 2 N–H and O–H groups in total. The van der Waals surface area contributed by atoms with E-state index in [1.165, 1.54) is 13.2 Å². The number of aliphatic hydroxyl groups is 1. The molecule has 2 heterocycles. The van der Waals surface area contributed by atoms with Crippen molar-refractivity contribution < 1.29 is 23.1 Å². The van der Waals surface area contributed by atoms with Gasteiger partial charge in [-0.25, -0.2) is 9.97 Å². The number of amides is 1. The summed E-state index contributed by atoms with van der Waals surface area (Å²) < 4.78 is 44.5. The number of para-hydroxylation sites is 2. The van der Waals surface area contributed by atoms with Crippen molar-refractivity contribution >= 4 is 16.9 Å². The largest absolute Gasteiger partial charge is 0.425 e. The summed E-state index contributed by atoms with van der Waals surface area (Å²) in [4.78, 5) is 21.2. The van der Waals surface area contributed by atoms with Gasteiger partial charge in [0.1, 0.15) is 11.9 Å². The highest BCUT2D eigenvalue weighted by Crippen LogP contribution is 2.41. The number of nitrogens with zero attached hydrogens (tertiary/aromatic N) is 4. The first-order valence-electron chi connectivity index (χ1n) is 10.1. The first-order valence-corrected chi connectivity index (χ1v) is 10.1. The zero-order valence-corrected chi connectivity index (χ0v) is 17.9. The van der Waals surface area contributed by atoms with Gasteiger partial charge in [0.15, 0.2) is 5.82 Å². The first-order chi connectivity index (χ1) is 15.6. The van der Waals surface area contributed by atoms with Crippen LogP contribution >= 0.6 is 0 Å². The van der Waals surface area contributed by atoms with Crippen molar-refractivity contribution in [3.63, 3.8) is 0 Å². The summed E-state index contributed by atoms with van der Waals surface area (Å²) in [6.07, 6.45) is -3.97. The highest BCUT2D eigenvalue weighted by Gasteiger charge is 2.58. The van der Waals surface area contributed by atoms with Gasteiger partial charge < -0.3 is 19.6 Å². The third-order valence-corrected chi connectivity index (χ3v) is 5.59. The van der Waals surface area contributed by atoms with Crippen LogP contribution in [0.15, 0.2) is 67.0 Å². The minimum absolute atomic E-state index is 0.447. The molecule has 172 valence electrons. The van der Waals surface area contributed by atoms with Crippen molar-refractivity contribution in [2.75, 3.05) is 0 Å². The van der Waals surface area contributed by atoms with Crippen molar-refractivity contribution in [3.05, 3.63) is 84.2 Å². The fraction of sp³-hybridized carbons (Fsp3) is 0.261. The van der Waals surface area contributed by atoms with Gasteiger partial charge in [0.2, 0.25) is 11.5 Å². The van der Waals surface area contributed by atoms with Crippen LogP contribution in [0.5, 0.6) is 0 Å². The molecule has 33 heavy (non-hydrogen) atoms. The van der Waals surface area contributed by atoms with E-state index in [0.29, 0.717) is 16.9 Å². The molecule has 7 nitrogen and oxygen atoms in total. The minimum Gasteiger partial charge on any atom is -0.374 e. The molecule has 0 saturated heterocycles. The van der Waals surface area contributed by atoms with Gasteiger partial charge in [0, 0.05) is 26.5 Å². The number of nitrogens with one attached hydrogen (secondary N) is 1. The molecule has 0 aliphatic carbocycles. The molecule has 0 radical (unpaired) electrons. The second-order valence-corrected chi connectivity index (χ2v) is 7.83. The van der Waals surface area contributed by atoms with E-state index in [0.717, 1.165) is 16.3 Å². The molecular formula is C23H22F3N5O2. The lowest BCUT2D eigenvalue weighted by Gasteiger charge is -2.30. The molecule has 4 aromatic rings. The van der Waals surface area contributed by atoms with Crippen molar-refractivity contribution in [1.82, 2.24) is 24.4 Å². The second kappa shape index (κ2) is 8.36. The number of hydrogen-bond acceptors (Lipinski definition) is 4. The highest BCUT2D eigenvalue weighted by atomic mass is 19.4. The molecule has 2 atom stereocenters. The van der Waals surface area contributed by atoms with Gasteiger partial charge in [-0.3, -0.25) is 4.79 Å². The van der Waals surface area contributed by atoms with Gasteiger partial charge in [0.05, 0.1) is 17.5 Å². The average Bonchev–Trinajstić information content (AvgIpc) is 3.35. The maximum Gasteiger partial charge on any atom is 0.425 e. The maximum atomic E-state index is 13.9. The maximum absolute atomic E-state index is 13.9. The van der Waals surface area contributed by atoms with Crippen LogP contribution in [0.3, 0.4) is 0 Å². The summed E-state index contributed by atoms with van der Waals surface area (Å²) in [6.45, 7) is 0. The number of imidazole rings is 2. The van der Waals surface area contributed by atoms with Gasteiger partial charge in [-0.05, 0) is 17.7 Å². The van der Waals surface area contributed by atoms with Crippen LogP contribution in [0.4, 0.5) is 13.2 Å². The summed E-state index contributed by atoms with van der Waals surface area (Å²) in [7, 11) is 3.09. The lowest BCUT2D eigenvalue weighted by molar-refractivity contribution is -0.271. The molecule has 2 aromatic carbocycles. The van der Waals surface area contributed by atoms with Crippen molar-refractivity contribution in [3.8, 4) is 0 Å². The number of carbonyl (C=O) groups excluding carboxylic acids is 1. The van der Waals surface area contributed by atoms with Crippen LogP contribution < -0.4 is 5.32 Å². The zero-order chi connectivity index (χ0) is 23.8. The smallest absolute Gasteiger partial charge is 0.374 e. The Morgan fingerprint density at radius 1 is 1.09 bits per heavy atom. The number of carbonyl (C=O) groups is 1. The number of benzene rings is 2. The SMILES string of the molecule is Cn1ccnc1C(O)(CC(=O)NC(c1ccccc1)c1nc2ccccc2n1C)C(F)(F)F. The fourth-order valence-electron chi connectivity index (χ4n) is 3.88. The summed E-state index contributed by atoms with van der Waals surface area (Å²) in [6, 6.07) is 15.3. The van der Waals surface area contributed by atoms with E-state index >= 15 is 0 Å². The van der Waals surface area contributed by atoms with Gasteiger partial charge in [-0.1, -0.05) is 42.5 Å². The number of aryl methyl sites for hydroxylation is 2. The quantitative estimate of drug-likeness (QED) is 0.465. The van der Waals surface area contributed by atoms with Crippen molar-refractivity contribution in [2.24, 2.45) is 14.1 Å². The molecule has 1 amide bonds. The Kier molecular flexibility index (Phi) is 5.71. The Bertz CT molecular complexity index is 1280. The summed E-state index contributed by atoms with van der Waals surface area (Å²) in [5.41, 5.74) is -1.33. The lowest BCUT2D eigenvalue weighted by Crippen LogP contribution is -2.48. The van der Waals surface area contributed by atoms with Gasteiger partial charge in [0.25, 0.3) is 0 Å². The number of fused-ring (bicyclic) bond motifs is 1. The van der Waals surface area contributed by atoms with Crippen LogP contribution in [-0.2, 0) is 24.5 Å². The number of halogens is 3. The Labute approximate surface area is 187 Å². The molecule has 4 rings (SSSR count). The van der Waals surface area contributed by atoms with E-state index in [2.05, 4.69) is 15.3 Å². The van der Waals surface area contributed by atoms with Gasteiger partial charge in [-0.15, -0.1) is 0 Å². The topological polar surface area (TPSA) is 85.0 Å². The van der Waals surface area contributed by atoms with E-state index in [-0.39, 0.29) is 0 Å². The fourth-order valence-corrected chi connectivity index (χ4v) is 3.88. The van der Waals surface area contributed by atoms with Crippen LogP contribution in [0.25, 0.3) is 11.0 Å². The molecule has 0 aliphatic rings. The molecule has 0 aliphatic heterocycles. The Hall–Kier alpha value is -3.66. The molecule has 0 saturated carbocycles. The zero-order valence-electron chi connectivity index (χ0n) is 17.9. The molecule has 2 unspecified atom stereocenters. The third kappa shape index (κ3) is 4.09. The molecule has 10 heteroatoms.